The Bertz CT molecular complexity index is 588. The summed E-state index contributed by atoms with van der Waals surface area (Å²) in [7, 11) is 0. The van der Waals surface area contributed by atoms with Crippen molar-refractivity contribution in [3.63, 3.8) is 0 Å². The quantitative estimate of drug-likeness (QED) is 0.935. The maximum Gasteiger partial charge on any atom is 0.416 e. The van der Waals surface area contributed by atoms with Crippen LogP contribution in [0.5, 0.6) is 0 Å². The standard InChI is InChI=1S/C14H16F3N3/c1-2-3-13-19-6-7-20(13)11-5-4-10(9-18)12(8-11)14(15,16)17/h4-8H,2-3,9,18H2,1H3. The van der Waals surface area contributed by atoms with Gasteiger partial charge in [0.05, 0.1) is 5.56 Å². The number of nitrogens with two attached hydrogens (primary N) is 1. The van der Waals surface area contributed by atoms with E-state index >= 15 is 0 Å². The van der Waals surface area contributed by atoms with Crippen molar-refractivity contribution in [1.82, 2.24) is 9.55 Å². The highest BCUT2D eigenvalue weighted by Crippen LogP contribution is 2.33. The minimum atomic E-state index is -4.41. The van der Waals surface area contributed by atoms with Gasteiger partial charge in [-0.05, 0) is 24.1 Å². The maximum atomic E-state index is 13.0. The average Bonchev–Trinajstić information content (AvgIpc) is 2.85. The molecule has 0 atom stereocenters. The first-order valence-corrected chi connectivity index (χ1v) is 6.40. The molecule has 3 nitrogen and oxygen atoms in total. The van der Waals surface area contributed by atoms with E-state index in [-0.39, 0.29) is 12.1 Å². The van der Waals surface area contributed by atoms with E-state index in [2.05, 4.69) is 4.98 Å². The topological polar surface area (TPSA) is 43.8 Å². The minimum absolute atomic E-state index is 0.0957. The van der Waals surface area contributed by atoms with Crippen molar-refractivity contribution in [3.05, 3.63) is 47.5 Å². The fourth-order valence-electron chi connectivity index (χ4n) is 2.13. The number of hydrogen-bond donors (Lipinski definition) is 1. The summed E-state index contributed by atoms with van der Waals surface area (Å²) in [6.45, 7) is 1.86. The Labute approximate surface area is 115 Å². The van der Waals surface area contributed by atoms with Gasteiger partial charge in [-0.25, -0.2) is 4.98 Å². The van der Waals surface area contributed by atoms with Crippen LogP contribution in [0.2, 0.25) is 0 Å². The summed E-state index contributed by atoms with van der Waals surface area (Å²) >= 11 is 0. The molecule has 1 aromatic heterocycles. The molecular weight excluding hydrogens is 267 g/mol. The maximum absolute atomic E-state index is 13.0. The second-order valence-electron chi connectivity index (χ2n) is 4.51. The molecule has 1 heterocycles. The average molecular weight is 283 g/mol. The SMILES string of the molecule is CCCc1nccn1-c1ccc(CN)c(C(F)(F)F)c1. The molecule has 108 valence electrons. The van der Waals surface area contributed by atoms with E-state index in [0.717, 1.165) is 18.3 Å². The first-order chi connectivity index (χ1) is 9.47. The van der Waals surface area contributed by atoms with Gasteiger partial charge in [0.2, 0.25) is 0 Å². The van der Waals surface area contributed by atoms with Crippen LogP contribution in [0.4, 0.5) is 13.2 Å². The van der Waals surface area contributed by atoms with Gasteiger partial charge in [-0.1, -0.05) is 13.0 Å². The van der Waals surface area contributed by atoms with Crippen LogP contribution in [0.3, 0.4) is 0 Å². The highest BCUT2D eigenvalue weighted by atomic mass is 19.4. The molecular formula is C14H16F3N3. The number of halogens is 3. The molecule has 2 rings (SSSR count). The number of nitrogens with zero attached hydrogens (tertiary/aromatic N) is 2. The molecule has 0 saturated heterocycles. The molecule has 20 heavy (non-hydrogen) atoms. The lowest BCUT2D eigenvalue weighted by molar-refractivity contribution is -0.138. The Morgan fingerprint density at radius 2 is 2.05 bits per heavy atom. The van der Waals surface area contributed by atoms with Gasteiger partial charge in [-0.15, -0.1) is 0 Å². The molecule has 0 aliphatic rings. The molecule has 2 N–H and O–H groups in total. The lowest BCUT2D eigenvalue weighted by atomic mass is 10.1. The number of aryl methyl sites for hydroxylation is 1. The molecule has 0 aliphatic carbocycles. The molecule has 0 spiro atoms. The van der Waals surface area contributed by atoms with Crippen LogP contribution < -0.4 is 5.73 Å². The third-order valence-corrected chi connectivity index (χ3v) is 3.09. The van der Waals surface area contributed by atoms with Crippen LogP contribution in [-0.2, 0) is 19.1 Å². The van der Waals surface area contributed by atoms with Crippen molar-refractivity contribution in [1.29, 1.82) is 0 Å². The van der Waals surface area contributed by atoms with E-state index in [0.29, 0.717) is 12.1 Å². The highest BCUT2D eigenvalue weighted by molar-refractivity contribution is 5.43. The van der Waals surface area contributed by atoms with Gasteiger partial charge in [0.15, 0.2) is 0 Å². The van der Waals surface area contributed by atoms with Crippen LogP contribution >= 0.6 is 0 Å². The first kappa shape index (κ1) is 14.6. The van der Waals surface area contributed by atoms with Crippen molar-refractivity contribution >= 4 is 0 Å². The Balaban J connectivity index is 2.50. The first-order valence-electron chi connectivity index (χ1n) is 6.40. The molecule has 0 aliphatic heterocycles. The van der Waals surface area contributed by atoms with Gasteiger partial charge >= 0.3 is 6.18 Å². The van der Waals surface area contributed by atoms with Crippen molar-refractivity contribution in [2.24, 2.45) is 5.73 Å². The summed E-state index contributed by atoms with van der Waals surface area (Å²) in [5.41, 5.74) is 5.24. The van der Waals surface area contributed by atoms with Crippen molar-refractivity contribution in [2.45, 2.75) is 32.5 Å². The van der Waals surface area contributed by atoms with Crippen LogP contribution in [0, 0.1) is 0 Å². The fraction of sp³-hybridized carbons (Fsp3) is 0.357. The lowest BCUT2D eigenvalue weighted by Crippen LogP contribution is -2.13. The summed E-state index contributed by atoms with van der Waals surface area (Å²) in [6.07, 6.45) is 0.449. The zero-order valence-corrected chi connectivity index (χ0v) is 11.1. The van der Waals surface area contributed by atoms with Crippen LogP contribution in [0.25, 0.3) is 5.69 Å². The highest BCUT2D eigenvalue weighted by Gasteiger charge is 2.33. The third kappa shape index (κ3) is 2.85. The summed E-state index contributed by atoms with van der Waals surface area (Å²) in [5.74, 6) is 0.751. The van der Waals surface area contributed by atoms with E-state index in [1.165, 1.54) is 6.07 Å². The number of imidazole rings is 1. The number of rotatable bonds is 4. The van der Waals surface area contributed by atoms with Gasteiger partial charge in [0, 0.05) is 31.0 Å². The van der Waals surface area contributed by atoms with Crippen LogP contribution in [-0.4, -0.2) is 9.55 Å². The molecule has 2 aromatic rings. The Kier molecular flexibility index (Phi) is 4.13. The van der Waals surface area contributed by atoms with E-state index in [9.17, 15) is 13.2 Å². The van der Waals surface area contributed by atoms with Gasteiger partial charge < -0.3 is 10.3 Å². The zero-order valence-electron chi connectivity index (χ0n) is 11.1. The molecule has 1 aromatic carbocycles. The summed E-state index contributed by atoms with van der Waals surface area (Å²) in [5, 5.41) is 0. The smallest absolute Gasteiger partial charge is 0.326 e. The van der Waals surface area contributed by atoms with Crippen molar-refractivity contribution in [2.75, 3.05) is 0 Å². The van der Waals surface area contributed by atoms with E-state index in [1.807, 2.05) is 6.92 Å². The monoisotopic (exact) mass is 283 g/mol. The van der Waals surface area contributed by atoms with Gasteiger partial charge in [0.1, 0.15) is 5.82 Å². The van der Waals surface area contributed by atoms with Crippen molar-refractivity contribution in [3.8, 4) is 5.69 Å². The Hall–Kier alpha value is -1.82. The van der Waals surface area contributed by atoms with Gasteiger partial charge in [0.25, 0.3) is 0 Å². The van der Waals surface area contributed by atoms with Crippen LogP contribution in [0.15, 0.2) is 30.6 Å². The summed E-state index contributed by atoms with van der Waals surface area (Å²) < 4.78 is 40.8. The molecule has 0 unspecified atom stereocenters. The second-order valence-corrected chi connectivity index (χ2v) is 4.51. The summed E-state index contributed by atoms with van der Waals surface area (Å²) in [6, 6.07) is 4.19. The van der Waals surface area contributed by atoms with Crippen LogP contribution in [0.1, 0.15) is 30.3 Å². The number of hydrogen-bond acceptors (Lipinski definition) is 2. The Morgan fingerprint density at radius 1 is 1.30 bits per heavy atom. The molecule has 0 fully saturated rings. The molecule has 0 saturated carbocycles. The summed E-state index contributed by atoms with van der Waals surface area (Å²) in [4.78, 5) is 4.17. The predicted molar refractivity (Wildman–Crippen MR) is 70.5 cm³/mol. The van der Waals surface area contributed by atoms with E-state index in [1.54, 1.807) is 23.0 Å². The lowest BCUT2D eigenvalue weighted by Gasteiger charge is -2.15. The van der Waals surface area contributed by atoms with E-state index < -0.39 is 11.7 Å². The molecule has 0 radical (unpaired) electrons. The fourth-order valence-corrected chi connectivity index (χ4v) is 2.13. The molecule has 0 bridgehead atoms. The number of alkyl halides is 3. The number of aromatic nitrogens is 2. The normalized spacial score (nSPS) is 11.8. The number of benzene rings is 1. The predicted octanol–water partition coefficient (Wildman–Crippen LogP) is 3.30. The van der Waals surface area contributed by atoms with Gasteiger partial charge in [-0.2, -0.15) is 13.2 Å². The Morgan fingerprint density at radius 3 is 2.65 bits per heavy atom. The zero-order chi connectivity index (χ0) is 14.8. The minimum Gasteiger partial charge on any atom is -0.326 e. The van der Waals surface area contributed by atoms with Gasteiger partial charge in [-0.3, -0.25) is 0 Å². The van der Waals surface area contributed by atoms with Crippen molar-refractivity contribution < 1.29 is 13.2 Å². The second kappa shape index (κ2) is 5.66. The van der Waals surface area contributed by atoms with E-state index in [4.69, 9.17) is 5.73 Å². The third-order valence-electron chi connectivity index (χ3n) is 3.09. The molecule has 6 heteroatoms. The molecule has 0 amide bonds. The largest absolute Gasteiger partial charge is 0.416 e.